The quantitative estimate of drug-likeness (QED) is 0.705. The number of carbonyl (C=O) groups excluding carboxylic acids is 1. The fourth-order valence-corrected chi connectivity index (χ4v) is 3.37. The van der Waals surface area contributed by atoms with Crippen LogP contribution < -0.4 is 11.1 Å². The molecule has 0 saturated heterocycles. The summed E-state index contributed by atoms with van der Waals surface area (Å²) >= 11 is 0. The van der Waals surface area contributed by atoms with Crippen molar-refractivity contribution in [2.24, 2.45) is 5.73 Å². The minimum atomic E-state index is -0.511. The molecule has 0 spiro atoms. The molecule has 2 fully saturated rings. The number of nitrogens with one attached hydrogen (secondary N) is 1. The smallest absolute Gasteiger partial charge is 0.237 e. The van der Waals surface area contributed by atoms with E-state index in [0.717, 1.165) is 38.8 Å². The van der Waals surface area contributed by atoms with Crippen molar-refractivity contribution in [1.29, 1.82) is 0 Å². The number of amides is 1. The first-order valence-electron chi connectivity index (χ1n) is 7.36. The van der Waals surface area contributed by atoms with Crippen LogP contribution in [0.25, 0.3) is 0 Å². The molecule has 3 N–H and O–H groups in total. The van der Waals surface area contributed by atoms with Crippen molar-refractivity contribution in [2.75, 3.05) is 27.3 Å². The van der Waals surface area contributed by atoms with Gasteiger partial charge in [0.1, 0.15) is 0 Å². The first-order chi connectivity index (χ1) is 9.13. The molecule has 0 aromatic rings. The third kappa shape index (κ3) is 3.27. The second kappa shape index (κ2) is 6.20. The highest BCUT2D eigenvalue weighted by Crippen LogP contribution is 2.36. The van der Waals surface area contributed by atoms with Crippen LogP contribution in [0.2, 0.25) is 0 Å². The molecular weight excluding hydrogens is 242 g/mol. The number of rotatable bonds is 7. The fourth-order valence-electron chi connectivity index (χ4n) is 3.37. The van der Waals surface area contributed by atoms with Gasteiger partial charge in [0.05, 0.1) is 12.1 Å². The van der Waals surface area contributed by atoms with Gasteiger partial charge >= 0.3 is 0 Å². The van der Waals surface area contributed by atoms with E-state index in [-0.39, 0.29) is 5.91 Å². The third-order valence-corrected chi connectivity index (χ3v) is 4.71. The van der Waals surface area contributed by atoms with Gasteiger partial charge in [0, 0.05) is 25.7 Å². The molecule has 2 aliphatic rings. The number of carbonyl (C=O) groups is 1. The van der Waals surface area contributed by atoms with Crippen molar-refractivity contribution in [1.82, 2.24) is 10.2 Å². The molecule has 0 aromatic heterocycles. The van der Waals surface area contributed by atoms with Gasteiger partial charge in [-0.3, -0.25) is 9.69 Å². The van der Waals surface area contributed by atoms with Gasteiger partial charge in [0.25, 0.3) is 0 Å². The number of primary amides is 1. The number of methoxy groups -OCH3 is 1. The van der Waals surface area contributed by atoms with E-state index in [1.54, 1.807) is 7.11 Å². The average Bonchev–Trinajstić information content (AvgIpc) is 3.24. The first-order valence-corrected chi connectivity index (χ1v) is 7.36. The SMILES string of the molecule is CNC1(C(N)=O)CCCC(N(CCOC)C2CC2)C1. The Morgan fingerprint density at radius 3 is 2.68 bits per heavy atom. The zero-order valence-electron chi connectivity index (χ0n) is 12.2. The predicted octanol–water partition coefficient (Wildman–Crippen LogP) is 0.483. The van der Waals surface area contributed by atoms with E-state index in [1.165, 1.54) is 12.8 Å². The average molecular weight is 269 g/mol. The summed E-state index contributed by atoms with van der Waals surface area (Å²) in [5.74, 6) is -0.206. The number of nitrogens with two attached hydrogens (primary N) is 1. The van der Waals surface area contributed by atoms with E-state index in [2.05, 4.69) is 10.2 Å². The molecule has 0 aliphatic heterocycles. The summed E-state index contributed by atoms with van der Waals surface area (Å²) in [4.78, 5) is 14.3. The van der Waals surface area contributed by atoms with Crippen LogP contribution in [0, 0.1) is 0 Å². The maximum Gasteiger partial charge on any atom is 0.237 e. The molecule has 2 aliphatic carbocycles. The second-order valence-corrected chi connectivity index (χ2v) is 5.91. The summed E-state index contributed by atoms with van der Waals surface area (Å²) in [6.07, 6.45) is 6.48. The Morgan fingerprint density at radius 2 is 2.16 bits per heavy atom. The van der Waals surface area contributed by atoms with Crippen molar-refractivity contribution < 1.29 is 9.53 Å². The zero-order valence-corrected chi connectivity index (χ0v) is 12.2. The number of nitrogens with zero attached hydrogens (tertiary/aromatic N) is 1. The van der Waals surface area contributed by atoms with Gasteiger partial charge in [-0.15, -0.1) is 0 Å². The minimum Gasteiger partial charge on any atom is -0.383 e. The molecule has 2 saturated carbocycles. The maximum atomic E-state index is 11.8. The maximum absolute atomic E-state index is 11.8. The summed E-state index contributed by atoms with van der Waals surface area (Å²) in [6.45, 7) is 1.72. The van der Waals surface area contributed by atoms with Crippen LogP contribution in [0.3, 0.4) is 0 Å². The van der Waals surface area contributed by atoms with Gasteiger partial charge in [-0.1, -0.05) is 0 Å². The molecular formula is C14H27N3O2. The van der Waals surface area contributed by atoms with E-state index in [9.17, 15) is 4.79 Å². The van der Waals surface area contributed by atoms with E-state index < -0.39 is 5.54 Å². The molecule has 110 valence electrons. The highest BCUT2D eigenvalue weighted by atomic mass is 16.5. The molecule has 0 aromatic carbocycles. The Kier molecular flexibility index (Phi) is 4.81. The number of hydrogen-bond acceptors (Lipinski definition) is 4. The number of likely N-dealkylation sites (N-methyl/N-ethyl adjacent to an activating group) is 1. The predicted molar refractivity (Wildman–Crippen MR) is 74.8 cm³/mol. The molecule has 0 bridgehead atoms. The molecule has 2 unspecified atom stereocenters. The number of ether oxygens (including phenoxy) is 1. The molecule has 2 rings (SSSR count). The van der Waals surface area contributed by atoms with Gasteiger partial charge in [-0.05, 0) is 45.6 Å². The summed E-state index contributed by atoms with van der Waals surface area (Å²) < 4.78 is 5.22. The summed E-state index contributed by atoms with van der Waals surface area (Å²) in [5, 5.41) is 3.18. The van der Waals surface area contributed by atoms with Crippen LogP contribution >= 0.6 is 0 Å². The van der Waals surface area contributed by atoms with E-state index >= 15 is 0 Å². The fraction of sp³-hybridized carbons (Fsp3) is 0.929. The Labute approximate surface area is 115 Å². The third-order valence-electron chi connectivity index (χ3n) is 4.71. The normalized spacial score (nSPS) is 31.6. The van der Waals surface area contributed by atoms with Crippen LogP contribution in [0.15, 0.2) is 0 Å². The van der Waals surface area contributed by atoms with Gasteiger partial charge in [-0.2, -0.15) is 0 Å². The van der Waals surface area contributed by atoms with Crippen molar-refractivity contribution >= 4 is 5.91 Å². The molecule has 0 radical (unpaired) electrons. The van der Waals surface area contributed by atoms with Crippen molar-refractivity contribution in [3.63, 3.8) is 0 Å². The van der Waals surface area contributed by atoms with E-state index in [4.69, 9.17) is 10.5 Å². The molecule has 0 heterocycles. The Morgan fingerprint density at radius 1 is 1.42 bits per heavy atom. The standard InChI is InChI=1S/C14H27N3O2/c1-16-14(13(15)18)7-3-4-12(10-14)17(8-9-19-2)11-5-6-11/h11-12,16H,3-10H2,1-2H3,(H2,15,18). The summed E-state index contributed by atoms with van der Waals surface area (Å²) in [6, 6.07) is 1.15. The Bertz CT molecular complexity index is 320. The van der Waals surface area contributed by atoms with E-state index in [1.807, 2.05) is 7.05 Å². The lowest BCUT2D eigenvalue weighted by Gasteiger charge is -2.43. The Hall–Kier alpha value is -0.650. The Balaban J connectivity index is 2.03. The van der Waals surface area contributed by atoms with Crippen molar-refractivity contribution in [2.45, 2.75) is 56.1 Å². The lowest BCUT2D eigenvalue weighted by Crippen LogP contribution is -2.60. The highest BCUT2D eigenvalue weighted by Gasteiger charge is 2.44. The van der Waals surface area contributed by atoms with Crippen LogP contribution in [-0.4, -0.2) is 55.7 Å². The summed E-state index contributed by atoms with van der Waals surface area (Å²) in [5.41, 5.74) is 5.11. The molecule has 2 atom stereocenters. The molecule has 5 heteroatoms. The van der Waals surface area contributed by atoms with Gasteiger partial charge < -0.3 is 15.8 Å². The second-order valence-electron chi connectivity index (χ2n) is 5.91. The van der Waals surface area contributed by atoms with E-state index in [0.29, 0.717) is 12.1 Å². The van der Waals surface area contributed by atoms with Crippen LogP contribution in [-0.2, 0) is 9.53 Å². The summed E-state index contributed by atoms with van der Waals surface area (Å²) in [7, 11) is 3.59. The van der Waals surface area contributed by atoms with Gasteiger partial charge in [0.2, 0.25) is 5.91 Å². The highest BCUT2D eigenvalue weighted by molar-refractivity contribution is 5.84. The molecule has 1 amide bonds. The van der Waals surface area contributed by atoms with Gasteiger partial charge in [-0.25, -0.2) is 0 Å². The van der Waals surface area contributed by atoms with Crippen LogP contribution in [0.1, 0.15) is 38.5 Å². The number of hydrogen-bond donors (Lipinski definition) is 2. The first kappa shape index (κ1) is 14.8. The topological polar surface area (TPSA) is 67.6 Å². The minimum absolute atomic E-state index is 0.206. The monoisotopic (exact) mass is 269 g/mol. The van der Waals surface area contributed by atoms with Crippen LogP contribution in [0.5, 0.6) is 0 Å². The zero-order chi connectivity index (χ0) is 13.9. The lowest BCUT2D eigenvalue weighted by atomic mass is 9.78. The molecule has 5 nitrogen and oxygen atoms in total. The largest absolute Gasteiger partial charge is 0.383 e. The van der Waals surface area contributed by atoms with Crippen molar-refractivity contribution in [3.05, 3.63) is 0 Å². The van der Waals surface area contributed by atoms with Crippen molar-refractivity contribution in [3.8, 4) is 0 Å². The lowest BCUT2D eigenvalue weighted by molar-refractivity contribution is -0.126. The molecule has 19 heavy (non-hydrogen) atoms. The van der Waals surface area contributed by atoms with Gasteiger partial charge in [0.15, 0.2) is 0 Å². The van der Waals surface area contributed by atoms with Crippen LogP contribution in [0.4, 0.5) is 0 Å².